The Morgan fingerprint density at radius 2 is 1.81 bits per heavy atom. The van der Waals surface area contributed by atoms with E-state index in [-0.39, 0.29) is 36.5 Å². The van der Waals surface area contributed by atoms with Gasteiger partial charge in [0.15, 0.2) is 39.8 Å². The van der Waals surface area contributed by atoms with Crippen LogP contribution in [0.1, 0.15) is 27.9 Å². The number of thiazole rings is 1. The Bertz CT molecular complexity index is 1840. The third-order valence-electron chi connectivity index (χ3n) is 9.67. The lowest BCUT2D eigenvalue weighted by Gasteiger charge is -2.52. The highest BCUT2D eigenvalue weighted by Crippen LogP contribution is 2.52. The van der Waals surface area contributed by atoms with Gasteiger partial charge in [0.2, 0.25) is 5.91 Å². The first-order chi connectivity index (χ1) is 22.2. The molecule has 3 aliphatic rings. The van der Waals surface area contributed by atoms with Crippen LogP contribution < -0.4 is 16.0 Å². The summed E-state index contributed by atoms with van der Waals surface area (Å²) in [4.78, 5) is 75.2. The summed E-state index contributed by atoms with van der Waals surface area (Å²) >= 11 is 1.30. The molecule has 6 atom stereocenters. The number of rotatable bonds is 7. The average Bonchev–Trinajstić information content (AvgIpc) is 3.47. The maximum Gasteiger partial charge on any atom is 0.235 e. The number of halogens is 1. The van der Waals surface area contributed by atoms with Crippen LogP contribution in [0.25, 0.3) is 11.3 Å². The number of likely N-dealkylation sites (N-methyl/N-ethyl adjacent to an activating group) is 1. The van der Waals surface area contributed by atoms with E-state index in [2.05, 4.69) is 10.3 Å². The van der Waals surface area contributed by atoms with Crippen LogP contribution in [0.4, 0.5) is 15.2 Å². The summed E-state index contributed by atoms with van der Waals surface area (Å²) in [6, 6.07) is 6.49. The zero-order valence-corrected chi connectivity index (χ0v) is 26.9. The molecular weight excluding hydrogens is 629 g/mol. The minimum Gasteiger partial charge on any atom is -0.507 e. The Hall–Kier alpha value is -4.53. The highest BCUT2D eigenvalue weighted by atomic mass is 32.1. The quantitative estimate of drug-likeness (QED) is 0.271. The normalized spacial score (nSPS) is 26.9. The lowest BCUT2D eigenvalue weighted by Crippen LogP contribution is -2.74. The summed E-state index contributed by atoms with van der Waals surface area (Å²) in [5.74, 6) is -11.3. The Morgan fingerprint density at radius 1 is 1.13 bits per heavy atom. The van der Waals surface area contributed by atoms with Crippen molar-refractivity contribution < 1.29 is 38.6 Å². The molecule has 0 saturated heterocycles. The van der Waals surface area contributed by atoms with Crippen molar-refractivity contribution in [3.63, 3.8) is 0 Å². The molecule has 1 amide bonds. The van der Waals surface area contributed by atoms with E-state index in [0.29, 0.717) is 27.6 Å². The number of hydrogen-bond acceptors (Lipinski definition) is 12. The highest BCUT2D eigenvalue weighted by molar-refractivity contribution is 7.14. The number of nitrogens with two attached hydrogens (primary N) is 1. The molecule has 1 aromatic heterocycles. The lowest BCUT2D eigenvalue weighted by molar-refractivity contribution is -0.181. The number of aliphatic hydroxyl groups is 1. The molecule has 0 radical (unpaired) electrons. The van der Waals surface area contributed by atoms with Gasteiger partial charge in [-0.2, -0.15) is 0 Å². The number of carbonyl (C=O) groups excluding carboxylic acids is 5. The summed E-state index contributed by atoms with van der Waals surface area (Å²) in [7, 11) is 6.65. The van der Waals surface area contributed by atoms with Crippen LogP contribution in [-0.2, 0) is 32.1 Å². The molecule has 6 rings (SSSR count). The van der Waals surface area contributed by atoms with Crippen LogP contribution in [0, 0.1) is 29.5 Å². The molecule has 0 aliphatic heterocycles. The molecule has 0 spiro atoms. The van der Waals surface area contributed by atoms with Crippen molar-refractivity contribution in [3.05, 3.63) is 58.2 Å². The smallest absolute Gasteiger partial charge is 0.235 e. The van der Waals surface area contributed by atoms with Crippen LogP contribution >= 0.6 is 11.3 Å². The number of phenolic OH excluding ortho intramolecular Hbond substituents is 1. The summed E-state index contributed by atoms with van der Waals surface area (Å²) in [5.41, 5.74) is 5.38. The van der Waals surface area contributed by atoms with Gasteiger partial charge in [-0.25, -0.2) is 9.37 Å². The van der Waals surface area contributed by atoms with Gasteiger partial charge in [-0.3, -0.25) is 28.9 Å². The molecule has 0 bridgehead atoms. The Balaban J connectivity index is 1.36. The molecule has 1 heterocycles. The maximum atomic E-state index is 14.2. The third-order valence-corrected chi connectivity index (χ3v) is 10.5. The van der Waals surface area contributed by atoms with Crippen LogP contribution in [-0.4, -0.2) is 89.0 Å². The van der Waals surface area contributed by atoms with E-state index in [1.807, 2.05) is 0 Å². The summed E-state index contributed by atoms with van der Waals surface area (Å²) < 4.78 is 13.4. The average molecular weight is 664 g/mol. The standard InChI is InChI=1S/C33H34FN5O7S/c1-38(2)21-11-16(12-36-32-37-20(13-47-32)14-5-7-17(34)8-6-14)26(40)23-18(21)9-15-10-19-25(39(3)4)28(42)24(31(35)45)30(44)33(19,46)29(43)22(15)27(23)41/h5-8,11,13,15,19,22,24-25,40,46H,9-10,12H2,1-4H3,(H2,35,45)(H,36,37)/t15-,19-,22?,24?,25?,33-/m0/s1. The predicted molar refractivity (Wildman–Crippen MR) is 171 cm³/mol. The van der Waals surface area contributed by atoms with Gasteiger partial charge in [-0.05, 0) is 68.8 Å². The minimum absolute atomic E-state index is 0.0265. The zero-order valence-electron chi connectivity index (χ0n) is 26.1. The largest absolute Gasteiger partial charge is 0.507 e. The molecule has 3 unspecified atom stereocenters. The maximum absolute atomic E-state index is 14.2. The van der Waals surface area contributed by atoms with Gasteiger partial charge in [0, 0.05) is 48.8 Å². The predicted octanol–water partition coefficient (Wildman–Crippen LogP) is 1.81. The van der Waals surface area contributed by atoms with E-state index in [9.17, 15) is 38.6 Å². The molecule has 2 fully saturated rings. The van der Waals surface area contributed by atoms with Crippen molar-refractivity contribution in [1.82, 2.24) is 9.88 Å². The Labute approximate surface area is 273 Å². The first kappa shape index (κ1) is 32.4. The number of aromatic nitrogens is 1. The van der Waals surface area contributed by atoms with Crippen molar-refractivity contribution in [2.24, 2.45) is 29.4 Å². The molecular formula is C33H34FN5O7S. The number of nitrogens with one attached hydrogen (secondary N) is 1. The van der Waals surface area contributed by atoms with Gasteiger partial charge in [-0.15, -0.1) is 11.3 Å². The van der Waals surface area contributed by atoms with E-state index in [4.69, 9.17) is 5.73 Å². The first-order valence-electron chi connectivity index (χ1n) is 15.0. The second kappa shape index (κ2) is 11.6. The van der Waals surface area contributed by atoms with Gasteiger partial charge >= 0.3 is 0 Å². The number of phenols is 1. The molecule has 2 saturated carbocycles. The molecule has 12 nitrogen and oxygen atoms in total. The number of fused-ring (bicyclic) bond motifs is 3. The highest BCUT2D eigenvalue weighted by Gasteiger charge is 2.69. The SMILES string of the molecule is CN(C)c1cc(CNc2nc(-c3ccc(F)cc3)cs2)c(O)c2c1C[C@H]1C[C@H]3C(N(C)C)C(=O)C(C(N)=O)C(=O)[C@@]3(O)C(=O)C1C2=O. The fraction of sp³-hybridized carbons (Fsp3) is 0.394. The van der Waals surface area contributed by atoms with Gasteiger partial charge < -0.3 is 26.2 Å². The van der Waals surface area contributed by atoms with E-state index >= 15 is 0 Å². The van der Waals surface area contributed by atoms with Gasteiger partial charge in [0.1, 0.15) is 11.6 Å². The molecule has 3 aromatic rings. The third kappa shape index (κ3) is 5.02. The monoisotopic (exact) mass is 663 g/mol. The number of amides is 1. The van der Waals surface area contributed by atoms with Crippen molar-refractivity contribution in [2.45, 2.75) is 31.0 Å². The zero-order chi connectivity index (χ0) is 34.1. The molecule has 3 aliphatic carbocycles. The number of anilines is 2. The number of ketones is 4. The number of nitrogens with zero attached hydrogens (tertiary/aromatic N) is 3. The molecule has 14 heteroatoms. The molecule has 246 valence electrons. The first-order valence-corrected chi connectivity index (χ1v) is 15.9. The second-order valence-electron chi connectivity index (χ2n) is 12.8. The second-order valence-corrected chi connectivity index (χ2v) is 13.7. The van der Waals surface area contributed by atoms with Gasteiger partial charge in [-0.1, -0.05) is 0 Å². The van der Waals surface area contributed by atoms with Gasteiger partial charge in [0.25, 0.3) is 0 Å². The van der Waals surface area contributed by atoms with Crippen LogP contribution in [0.2, 0.25) is 0 Å². The summed E-state index contributed by atoms with van der Waals surface area (Å²) in [6.45, 7) is 0.0586. The summed E-state index contributed by atoms with van der Waals surface area (Å²) in [5, 5.41) is 28.8. The van der Waals surface area contributed by atoms with Crippen molar-refractivity contribution in [2.75, 3.05) is 38.4 Å². The topological polar surface area (TPSA) is 183 Å². The summed E-state index contributed by atoms with van der Waals surface area (Å²) in [6.07, 6.45) is 0.134. The molecule has 2 aromatic carbocycles. The Kier molecular flexibility index (Phi) is 8.01. The number of benzene rings is 2. The van der Waals surface area contributed by atoms with E-state index in [0.717, 1.165) is 5.56 Å². The van der Waals surface area contributed by atoms with Crippen LogP contribution in [0.15, 0.2) is 35.7 Å². The van der Waals surface area contributed by atoms with E-state index < -0.39 is 64.4 Å². The van der Waals surface area contributed by atoms with Crippen LogP contribution in [0.5, 0.6) is 5.75 Å². The number of aromatic hydroxyl groups is 1. The van der Waals surface area contributed by atoms with Gasteiger partial charge in [0.05, 0.1) is 23.2 Å². The number of hydrogen-bond donors (Lipinski definition) is 4. The van der Waals surface area contributed by atoms with Crippen LogP contribution in [0.3, 0.4) is 0 Å². The minimum atomic E-state index is -2.79. The van der Waals surface area contributed by atoms with E-state index in [1.165, 1.54) is 28.4 Å². The number of carbonyl (C=O) groups is 5. The number of Topliss-reactive ketones (excluding diaryl/α,β-unsaturated/α-hetero) is 4. The Morgan fingerprint density at radius 3 is 2.43 bits per heavy atom. The molecule has 47 heavy (non-hydrogen) atoms. The van der Waals surface area contributed by atoms with Crippen molar-refractivity contribution in [3.8, 4) is 17.0 Å². The fourth-order valence-electron chi connectivity index (χ4n) is 7.52. The van der Waals surface area contributed by atoms with Crippen molar-refractivity contribution in [1.29, 1.82) is 0 Å². The number of primary amides is 1. The molecule has 5 N–H and O–H groups in total. The lowest BCUT2D eigenvalue weighted by atomic mass is 9.52. The van der Waals surface area contributed by atoms with Crippen molar-refractivity contribution >= 4 is 51.2 Å². The fourth-order valence-corrected chi connectivity index (χ4v) is 8.24. The van der Waals surface area contributed by atoms with E-state index in [1.54, 1.807) is 56.7 Å².